The number of amides is 1. The van der Waals surface area contributed by atoms with Gasteiger partial charge in [-0.2, -0.15) is 5.26 Å². The van der Waals surface area contributed by atoms with E-state index >= 15 is 0 Å². The van der Waals surface area contributed by atoms with Gasteiger partial charge in [0.15, 0.2) is 0 Å². The van der Waals surface area contributed by atoms with Crippen molar-refractivity contribution in [3.63, 3.8) is 0 Å². The molecule has 4 nitrogen and oxygen atoms in total. The lowest BCUT2D eigenvalue weighted by Crippen LogP contribution is -2.44. The summed E-state index contributed by atoms with van der Waals surface area (Å²) in [7, 11) is 0. The molecule has 1 aromatic rings. The molecule has 1 fully saturated rings. The monoisotopic (exact) mass is 294 g/mol. The smallest absolute Gasteiger partial charge is 0.240 e. The molecule has 1 amide bonds. The molecule has 0 bridgehead atoms. The van der Waals surface area contributed by atoms with Crippen molar-refractivity contribution in [2.75, 3.05) is 19.8 Å². The number of hydrogen-bond acceptors (Lipinski definition) is 3. The minimum atomic E-state index is -1.05. The van der Waals surface area contributed by atoms with E-state index in [1.807, 2.05) is 0 Å². The molecule has 0 spiro atoms. The van der Waals surface area contributed by atoms with Gasteiger partial charge in [-0.05, 0) is 37.0 Å². The number of carbonyl (C=O) groups is 1. The number of nitrogens with one attached hydrogen (secondary N) is 1. The Bertz CT molecular complexity index is 543. The zero-order valence-corrected chi connectivity index (χ0v) is 11.5. The Labute approximate surface area is 121 Å². The van der Waals surface area contributed by atoms with E-state index in [-0.39, 0.29) is 12.5 Å². The second-order valence-corrected chi connectivity index (χ2v) is 5.09. The summed E-state index contributed by atoms with van der Waals surface area (Å²) in [5.74, 6) is -1.63. The predicted octanol–water partition coefficient (Wildman–Crippen LogP) is 1.94. The quantitative estimate of drug-likeness (QED) is 0.923. The molecule has 2 rings (SSSR count). The van der Waals surface area contributed by atoms with Gasteiger partial charge in [-0.15, -0.1) is 0 Å². The molecule has 112 valence electrons. The van der Waals surface area contributed by atoms with Crippen LogP contribution in [0.4, 0.5) is 8.78 Å². The number of rotatable bonds is 4. The van der Waals surface area contributed by atoms with Crippen LogP contribution in [0.3, 0.4) is 0 Å². The third-order valence-corrected chi connectivity index (χ3v) is 3.62. The Kier molecular flexibility index (Phi) is 4.86. The Balaban J connectivity index is 1.90. The highest BCUT2D eigenvalue weighted by molar-refractivity contribution is 5.85. The van der Waals surface area contributed by atoms with E-state index < -0.39 is 17.0 Å². The molecule has 1 saturated heterocycles. The summed E-state index contributed by atoms with van der Waals surface area (Å²) in [4.78, 5) is 12.1. The lowest BCUT2D eigenvalue weighted by atomic mass is 9.81. The normalized spacial score (nSPS) is 17.0. The van der Waals surface area contributed by atoms with E-state index in [0.29, 0.717) is 38.0 Å². The predicted molar refractivity (Wildman–Crippen MR) is 71.2 cm³/mol. The van der Waals surface area contributed by atoms with Crippen LogP contribution in [-0.2, 0) is 16.0 Å². The van der Waals surface area contributed by atoms with Crippen LogP contribution in [0, 0.1) is 28.4 Å². The minimum absolute atomic E-state index is 0.228. The molecule has 1 N–H and O–H groups in total. The van der Waals surface area contributed by atoms with E-state index in [2.05, 4.69) is 11.4 Å². The SMILES string of the molecule is N#CC1(C(=O)NCCc2cc(F)cc(F)c2)CCOCC1. The molecule has 6 heteroatoms. The summed E-state index contributed by atoms with van der Waals surface area (Å²) < 4.78 is 31.2. The van der Waals surface area contributed by atoms with Crippen LogP contribution in [0.2, 0.25) is 0 Å². The molecule has 0 aromatic heterocycles. The molecule has 21 heavy (non-hydrogen) atoms. The molecule has 0 radical (unpaired) electrons. The topological polar surface area (TPSA) is 62.1 Å². The van der Waals surface area contributed by atoms with Crippen LogP contribution in [0.1, 0.15) is 18.4 Å². The summed E-state index contributed by atoms with van der Waals surface area (Å²) in [5.41, 5.74) is -0.586. The van der Waals surface area contributed by atoms with E-state index in [0.717, 1.165) is 6.07 Å². The molecule has 1 aromatic carbocycles. The van der Waals surface area contributed by atoms with Crippen molar-refractivity contribution in [1.82, 2.24) is 5.32 Å². The van der Waals surface area contributed by atoms with Crippen LogP contribution in [0.15, 0.2) is 18.2 Å². The lowest BCUT2D eigenvalue weighted by Gasteiger charge is -2.29. The van der Waals surface area contributed by atoms with Gasteiger partial charge >= 0.3 is 0 Å². The Hall–Kier alpha value is -2.00. The molecule has 0 unspecified atom stereocenters. The summed E-state index contributed by atoms with van der Waals surface area (Å²) in [6.07, 6.45) is 1.03. The molecule has 1 aliphatic rings. The first-order valence-corrected chi connectivity index (χ1v) is 6.78. The first kappa shape index (κ1) is 15.4. The van der Waals surface area contributed by atoms with Crippen LogP contribution < -0.4 is 5.32 Å². The fourth-order valence-electron chi connectivity index (χ4n) is 2.35. The molecular weight excluding hydrogens is 278 g/mol. The fourth-order valence-corrected chi connectivity index (χ4v) is 2.35. The van der Waals surface area contributed by atoms with E-state index in [1.54, 1.807) is 0 Å². The number of hydrogen-bond donors (Lipinski definition) is 1. The van der Waals surface area contributed by atoms with Crippen molar-refractivity contribution in [3.05, 3.63) is 35.4 Å². The molecule has 0 aliphatic carbocycles. The first-order chi connectivity index (χ1) is 10.1. The first-order valence-electron chi connectivity index (χ1n) is 6.78. The number of halogens is 2. The van der Waals surface area contributed by atoms with Gasteiger partial charge in [0.25, 0.3) is 0 Å². The van der Waals surface area contributed by atoms with Crippen molar-refractivity contribution in [1.29, 1.82) is 5.26 Å². The van der Waals surface area contributed by atoms with Gasteiger partial charge in [0.2, 0.25) is 5.91 Å². The summed E-state index contributed by atoms with van der Waals surface area (Å²) in [5, 5.41) is 11.9. The number of nitrogens with zero attached hydrogens (tertiary/aromatic N) is 1. The number of benzene rings is 1. The van der Waals surface area contributed by atoms with Crippen LogP contribution in [-0.4, -0.2) is 25.7 Å². The molecular formula is C15H16F2N2O2. The average molecular weight is 294 g/mol. The van der Waals surface area contributed by atoms with Gasteiger partial charge in [-0.25, -0.2) is 8.78 Å². The highest BCUT2D eigenvalue weighted by atomic mass is 19.1. The number of nitriles is 1. The van der Waals surface area contributed by atoms with Crippen molar-refractivity contribution in [3.8, 4) is 6.07 Å². The standard InChI is InChI=1S/C15H16F2N2O2/c16-12-7-11(8-13(17)9-12)1-4-19-14(20)15(10-18)2-5-21-6-3-15/h7-9H,1-6H2,(H,19,20). The van der Waals surface area contributed by atoms with E-state index in [9.17, 15) is 18.8 Å². The molecule has 1 heterocycles. The number of carbonyl (C=O) groups excluding carboxylic acids is 1. The summed E-state index contributed by atoms with van der Waals surface area (Å²) >= 11 is 0. The van der Waals surface area contributed by atoms with E-state index in [4.69, 9.17) is 4.74 Å². The van der Waals surface area contributed by atoms with Crippen molar-refractivity contribution >= 4 is 5.91 Å². The minimum Gasteiger partial charge on any atom is -0.381 e. The summed E-state index contributed by atoms with van der Waals surface area (Å²) in [6.45, 7) is 0.998. The zero-order valence-electron chi connectivity index (χ0n) is 11.5. The highest BCUT2D eigenvalue weighted by Crippen LogP contribution is 2.29. The Morgan fingerprint density at radius 1 is 1.29 bits per heavy atom. The Morgan fingerprint density at radius 3 is 2.48 bits per heavy atom. The fraction of sp³-hybridized carbons (Fsp3) is 0.467. The van der Waals surface area contributed by atoms with Crippen LogP contribution >= 0.6 is 0 Å². The third-order valence-electron chi connectivity index (χ3n) is 3.62. The molecule has 1 aliphatic heterocycles. The van der Waals surface area contributed by atoms with Gasteiger partial charge in [0.1, 0.15) is 17.0 Å². The third kappa shape index (κ3) is 3.76. The molecule has 0 saturated carbocycles. The van der Waals surface area contributed by atoms with Gasteiger partial charge in [-0.1, -0.05) is 0 Å². The van der Waals surface area contributed by atoms with Gasteiger partial charge in [0, 0.05) is 25.8 Å². The van der Waals surface area contributed by atoms with E-state index in [1.165, 1.54) is 12.1 Å². The van der Waals surface area contributed by atoms with Gasteiger partial charge in [0.05, 0.1) is 6.07 Å². The van der Waals surface area contributed by atoms with Crippen molar-refractivity contribution < 1.29 is 18.3 Å². The lowest BCUT2D eigenvalue weighted by molar-refractivity contribution is -0.132. The maximum Gasteiger partial charge on any atom is 0.240 e. The van der Waals surface area contributed by atoms with Gasteiger partial charge in [-0.3, -0.25) is 4.79 Å². The Morgan fingerprint density at radius 2 is 1.90 bits per heavy atom. The molecule has 0 atom stereocenters. The second-order valence-electron chi connectivity index (χ2n) is 5.09. The number of ether oxygens (including phenoxy) is 1. The maximum atomic E-state index is 13.0. The van der Waals surface area contributed by atoms with Crippen molar-refractivity contribution in [2.45, 2.75) is 19.3 Å². The van der Waals surface area contributed by atoms with Gasteiger partial charge < -0.3 is 10.1 Å². The second kappa shape index (κ2) is 6.64. The maximum absolute atomic E-state index is 13.0. The van der Waals surface area contributed by atoms with Crippen LogP contribution in [0.5, 0.6) is 0 Å². The van der Waals surface area contributed by atoms with Crippen LogP contribution in [0.25, 0.3) is 0 Å². The zero-order chi connectivity index (χ0) is 15.3. The van der Waals surface area contributed by atoms with Crippen molar-refractivity contribution in [2.24, 2.45) is 5.41 Å². The highest BCUT2D eigenvalue weighted by Gasteiger charge is 2.40. The average Bonchev–Trinajstić information content (AvgIpc) is 2.47. The largest absolute Gasteiger partial charge is 0.381 e. The summed E-state index contributed by atoms with van der Waals surface area (Å²) in [6, 6.07) is 5.32.